The van der Waals surface area contributed by atoms with Crippen LogP contribution in [0.15, 0.2) is 58.4 Å². The van der Waals surface area contributed by atoms with Gasteiger partial charge in [0.15, 0.2) is 5.96 Å². The first-order chi connectivity index (χ1) is 15.0. The zero-order valence-electron chi connectivity index (χ0n) is 18.3. The maximum absolute atomic E-state index is 13.0. The highest BCUT2D eigenvalue weighted by molar-refractivity contribution is 7.89. The quantitative estimate of drug-likeness (QED) is 0.483. The second-order valence-electron chi connectivity index (χ2n) is 7.47. The molecule has 0 amide bonds. The van der Waals surface area contributed by atoms with Crippen molar-refractivity contribution in [3.8, 4) is 5.75 Å². The van der Waals surface area contributed by atoms with Crippen molar-refractivity contribution in [2.75, 3.05) is 26.7 Å². The summed E-state index contributed by atoms with van der Waals surface area (Å²) in [6.45, 7) is 4.88. The first-order valence-corrected chi connectivity index (χ1v) is 12.2. The summed E-state index contributed by atoms with van der Waals surface area (Å²) in [5.41, 5.74) is 1.89. The van der Waals surface area contributed by atoms with E-state index in [4.69, 9.17) is 4.74 Å². The predicted octanol–water partition coefficient (Wildman–Crippen LogP) is 3.13. The van der Waals surface area contributed by atoms with Crippen molar-refractivity contribution in [2.24, 2.45) is 4.99 Å². The molecule has 168 valence electrons. The van der Waals surface area contributed by atoms with Crippen LogP contribution in [-0.4, -0.2) is 45.4 Å². The number of benzene rings is 2. The van der Waals surface area contributed by atoms with Gasteiger partial charge in [-0.15, -0.1) is 0 Å². The van der Waals surface area contributed by atoms with Crippen molar-refractivity contribution in [2.45, 2.75) is 44.2 Å². The molecule has 0 aliphatic carbocycles. The molecule has 1 aliphatic heterocycles. The number of sulfonamides is 1. The van der Waals surface area contributed by atoms with E-state index >= 15 is 0 Å². The van der Waals surface area contributed by atoms with Crippen LogP contribution in [0.2, 0.25) is 0 Å². The molecule has 3 rings (SSSR count). The van der Waals surface area contributed by atoms with Crippen molar-refractivity contribution in [3.05, 3.63) is 59.7 Å². The van der Waals surface area contributed by atoms with E-state index < -0.39 is 10.0 Å². The standard InChI is InChI=1S/C23H32N4O3S/c1-3-24-23(26-18-20-11-5-6-13-22(20)30-2)25-17-19-10-9-12-21(16-19)31(28,29)27-14-7-4-8-15-27/h5-6,9-13,16H,3-4,7-8,14-15,17-18H2,1-2H3,(H2,24,25,26). The molecule has 0 atom stereocenters. The minimum atomic E-state index is -3.45. The molecule has 1 fully saturated rings. The summed E-state index contributed by atoms with van der Waals surface area (Å²) in [4.78, 5) is 4.98. The first-order valence-electron chi connectivity index (χ1n) is 10.8. The molecule has 2 N–H and O–H groups in total. The number of piperidine rings is 1. The Morgan fingerprint density at radius 3 is 2.58 bits per heavy atom. The largest absolute Gasteiger partial charge is 0.496 e. The highest BCUT2D eigenvalue weighted by atomic mass is 32.2. The van der Waals surface area contributed by atoms with Crippen molar-refractivity contribution < 1.29 is 13.2 Å². The van der Waals surface area contributed by atoms with Crippen LogP contribution in [0.25, 0.3) is 0 Å². The third-order valence-electron chi connectivity index (χ3n) is 5.25. The van der Waals surface area contributed by atoms with Gasteiger partial charge < -0.3 is 15.4 Å². The molecule has 0 saturated carbocycles. The van der Waals surface area contributed by atoms with Crippen LogP contribution in [0.5, 0.6) is 5.75 Å². The molecule has 1 saturated heterocycles. The van der Waals surface area contributed by atoms with E-state index in [0.717, 1.165) is 42.7 Å². The van der Waals surface area contributed by atoms with Gasteiger partial charge in [0.05, 0.1) is 18.6 Å². The molecule has 0 unspecified atom stereocenters. The third-order valence-corrected chi connectivity index (χ3v) is 7.15. The topological polar surface area (TPSA) is 83.0 Å². The van der Waals surface area contributed by atoms with E-state index in [1.807, 2.05) is 37.3 Å². The molecular weight excluding hydrogens is 412 g/mol. The average Bonchev–Trinajstić information content (AvgIpc) is 2.81. The van der Waals surface area contributed by atoms with E-state index in [-0.39, 0.29) is 0 Å². The van der Waals surface area contributed by atoms with Gasteiger partial charge in [0.25, 0.3) is 0 Å². The monoisotopic (exact) mass is 444 g/mol. The van der Waals surface area contributed by atoms with Crippen molar-refractivity contribution in [1.82, 2.24) is 14.9 Å². The molecule has 2 aromatic rings. The zero-order chi connectivity index (χ0) is 22.1. The van der Waals surface area contributed by atoms with Gasteiger partial charge in [-0.25, -0.2) is 13.4 Å². The lowest BCUT2D eigenvalue weighted by Crippen LogP contribution is -2.36. The van der Waals surface area contributed by atoms with Gasteiger partial charge in [-0.1, -0.05) is 36.8 Å². The summed E-state index contributed by atoms with van der Waals surface area (Å²) in [6, 6.07) is 14.9. The molecule has 0 radical (unpaired) electrons. The van der Waals surface area contributed by atoms with E-state index in [1.165, 1.54) is 0 Å². The Bertz CT molecular complexity index is 986. The highest BCUT2D eigenvalue weighted by Crippen LogP contribution is 2.21. The minimum absolute atomic E-state index is 0.342. The Labute approximate surface area is 185 Å². The molecule has 0 bridgehead atoms. The Kier molecular flexibility index (Phi) is 8.31. The summed E-state index contributed by atoms with van der Waals surface area (Å²) >= 11 is 0. The third kappa shape index (κ3) is 6.21. The Balaban J connectivity index is 1.70. The van der Waals surface area contributed by atoms with Gasteiger partial charge in [-0.3, -0.25) is 0 Å². The Morgan fingerprint density at radius 1 is 1.06 bits per heavy atom. The number of hydrogen-bond donors (Lipinski definition) is 2. The number of para-hydroxylation sites is 1. The maximum atomic E-state index is 13.0. The van der Waals surface area contributed by atoms with Gasteiger partial charge >= 0.3 is 0 Å². The predicted molar refractivity (Wildman–Crippen MR) is 124 cm³/mol. The van der Waals surface area contributed by atoms with Crippen molar-refractivity contribution >= 4 is 16.0 Å². The lowest BCUT2D eigenvalue weighted by atomic mass is 10.2. The number of hydrogen-bond acceptors (Lipinski definition) is 4. The maximum Gasteiger partial charge on any atom is 0.243 e. The van der Waals surface area contributed by atoms with Crippen LogP contribution in [0.3, 0.4) is 0 Å². The summed E-state index contributed by atoms with van der Waals surface area (Å²) in [7, 11) is -1.79. The smallest absolute Gasteiger partial charge is 0.243 e. The first kappa shape index (κ1) is 23.1. The molecule has 0 spiro atoms. The molecule has 8 heteroatoms. The fourth-order valence-electron chi connectivity index (χ4n) is 3.60. The lowest BCUT2D eigenvalue weighted by molar-refractivity contribution is 0.346. The lowest BCUT2D eigenvalue weighted by Gasteiger charge is -2.26. The molecular formula is C23H32N4O3S. The SMILES string of the molecule is CCNC(=NCc1cccc(S(=O)(=O)N2CCCCC2)c1)NCc1ccccc1OC. The molecule has 2 aromatic carbocycles. The van der Waals surface area contributed by atoms with Gasteiger partial charge in [0.2, 0.25) is 10.0 Å². The number of rotatable bonds is 8. The van der Waals surface area contributed by atoms with Gasteiger partial charge in [-0.05, 0) is 43.5 Å². The zero-order valence-corrected chi connectivity index (χ0v) is 19.1. The number of methoxy groups -OCH3 is 1. The van der Waals surface area contributed by atoms with Crippen LogP contribution >= 0.6 is 0 Å². The number of aliphatic imine (C=N–C) groups is 1. The van der Waals surface area contributed by atoms with Gasteiger partial charge in [0.1, 0.15) is 5.75 Å². The molecule has 0 aromatic heterocycles. The number of nitrogens with one attached hydrogen (secondary N) is 2. The minimum Gasteiger partial charge on any atom is -0.496 e. The number of nitrogens with zero attached hydrogens (tertiary/aromatic N) is 2. The Hall–Kier alpha value is -2.58. The highest BCUT2D eigenvalue weighted by Gasteiger charge is 2.25. The molecule has 7 nitrogen and oxygen atoms in total. The molecule has 31 heavy (non-hydrogen) atoms. The number of guanidine groups is 1. The summed E-state index contributed by atoms with van der Waals surface area (Å²) in [5.74, 6) is 1.49. The van der Waals surface area contributed by atoms with E-state index in [2.05, 4.69) is 15.6 Å². The van der Waals surface area contributed by atoms with Crippen molar-refractivity contribution in [3.63, 3.8) is 0 Å². The Morgan fingerprint density at radius 2 is 1.84 bits per heavy atom. The van der Waals surface area contributed by atoms with Gasteiger partial charge in [-0.2, -0.15) is 4.31 Å². The van der Waals surface area contributed by atoms with Crippen LogP contribution < -0.4 is 15.4 Å². The second-order valence-corrected chi connectivity index (χ2v) is 9.41. The second kappa shape index (κ2) is 11.2. The average molecular weight is 445 g/mol. The van der Waals surface area contributed by atoms with Crippen LogP contribution in [0.1, 0.15) is 37.3 Å². The summed E-state index contributed by atoms with van der Waals surface area (Å²) in [6.07, 6.45) is 2.94. The van der Waals surface area contributed by atoms with Gasteiger partial charge in [0, 0.05) is 31.7 Å². The van der Waals surface area contributed by atoms with Crippen LogP contribution in [0, 0.1) is 0 Å². The van der Waals surface area contributed by atoms with E-state index in [0.29, 0.717) is 37.0 Å². The van der Waals surface area contributed by atoms with E-state index in [9.17, 15) is 8.42 Å². The fourth-order valence-corrected chi connectivity index (χ4v) is 5.19. The molecule has 1 aliphatic rings. The summed E-state index contributed by atoms with van der Waals surface area (Å²) in [5, 5.41) is 6.54. The molecule has 1 heterocycles. The van der Waals surface area contributed by atoms with E-state index in [1.54, 1.807) is 29.6 Å². The van der Waals surface area contributed by atoms with Crippen LogP contribution in [-0.2, 0) is 23.1 Å². The van der Waals surface area contributed by atoms with Crippen molar-refractivity contribution in [1.29, 1.82) is 0 Å². The normalized spacial score (nSPS) is 15.5. The van der Waals surface area contributed by atoms with Crippen LogP contribution in [0.4, 0.5) is 0 Å². The summed E-state index contributed by atoms with van der Waals surface area (Å²) < 4.78 is 32.9. The number of ether oxygens (including phenoxy) is 1. The fraction of sp³-hybridized carbons (Fsp3) is 0.435.